The third kappa shape index (κ3) is 4.44. The highest BCUT2D eigenvalue weighted by atomic mass is 35.5. The van der Waals surface area contributed by atoms with Crippen molar-refractivity contribution in [1.82, 2.24) is 14.9 Å². The molecule has 2 aromatic carbocycles. The lowest BCUT2D eigenvalue weighted by atomic mass is 10.2. The van der Waals surface area contributed by atoms with Crippen molar-refractivity contribution >= 4 is 46.4 Å². The Morgan fingerprint density at radius 2 is 1.94 bits per heavy atom. The van der Waals surface area contributed by atoms with Gasteiger partial charge in [0.2, 0.25) is 0 Å². The van der Waals surface area contributed by atoms with Crippen LogP contribution in [0.2, 0.25) is 5.02 Å². The van der Waals surface area contributed by atoms with E-state index in [1.807, 2.05) is 19.9 Å². The van der Waals surface area contributed by atoms with E-state index in [-0.39, 0.29) is 17.5 Å². The van der Waals surface area contributed by atoms with E-state index in [0.29, 0.717) is 31.5 Å². The summed E-state index contributed by atoms with van der Waals surface area (Å²) in [6, 6.07) is 10.7. The lowest BCUT2D eigenvalue weighted by molar-refractivity contribution is -0.609. The van der Waals surface area contributed by atoms with Crippen LogP contribution < -0.4 is 15.3 Å². The molecule has 0 aliphatic heterocycles. The summed E-state index contributed by atoms with van der Waals surface area (Å²) in [5, 5.41) is 13.3. The summed E-state index contributed by atoms with van der Waals surface area (Å²) in [5.74, 6) is -0.412. The largest absolute Gasteiger partial charge is 0.711 e. The normalized spacial score (nSPS) is 13.1. The number of carbonyl (C=O) groups is 1. The first-order valence-corrected chi connectivity index (χ1v) is 12.5. The fraction of sp³-hybridized carbons (Fsp3) is 0.208. The van der Waals surface area contributed by atoms with Crippen LogP contribution in [0.25, 0.3) is 10.9 Å². The first-order valence-electron chi connectivity index (χ1n) is 10.5. The number of halogens is 1. The predicted octanol–water partition coefficient (Wildman–Crippen LogP) is 3.61. The molecule has 0 saturated carbocycles. The summed E-state index contributed by atoms with van der Waals surface area (Å²) in [5.41, 5.74) is 3.16. The third-order valence-corrected chi connectivity index (χ3v) is 8.27. The van der Waals surface area contributed by atoms with Crippen molar-refractivity contribution in [2.24, 2.45) is 0 Å². The van der Waals surface area contributed by atoms with Crippen molar-refractivity contribution in [3.8, 4) is 0 Å². The monoisotopic (exact) mass is 498 g/mol. The van der Waals surface area contributed by atoms with Crippen molar-refractivity contribution in [2.75, 3.05) is 14.2 Å². The maximum atomic E-state index is 14.5. The number of hydrogen-bond donors (Lipinski definition) is 1. The number of aryl methyl sites for hydroxylation is 2. The summed E-state index contributed by atoms with van der Waals surface area (Å²) in [6.45, 7) is 3.96. The summed E-state index contributed by atoms with van der Waals surface area (Å²) >= 11 is 6.28. The molecule has 1 unspecified atom stereocenters. The molecular formula is C24H24ClN4O4P. The Labute approximate surface area is 202 Å². The van der Waals surface area contributed by atoms with Gasteiger partial charge < -0.3 is 19.6 Å². The molecule has 1 N–H and O–H groups in total. The van der Waals surface area contributed by atoms with Gasteiger partial charge >= 0.3 is 0 Å². The second kappa shape index (κ2) is 9.22. The summed E-state index contributed by atoms with van der Waals surface area (Å²) in [4.78, 5) is 22.0. The number of carbonyl (C=O) groups excluding carboxylic acids is 1. The highest BCUT2D eigenvalue weighted by Gasteiger charge is 2.37. The van der Waals surface area contributed by atoms with E-state index in [0.717, 1.165) is 17.5 Å². The van der Waals surface area contributed by atoms with Crippen molar-refractivity contribution in [1.29, 1.82) is 0 Å². The van der Waals surface area contributed by atoms with Gasteiger partial charge in [-0.2, -0.15) is 0 Å². The molecular weight excluding hydrogens is 475 g/mol. The van der Waals surface area contributed by atoms with Crippen molar-refractivity contribution in [3.63, 3.8) is 0 Å². The van der Waals surface area contributed by atoms with Crippen LogP contribution in [0, 0.1) is 19.1 Å². The minimum atomic E-state index is -3.70. The van der Waals surface area contributed by atoms with E-state index < -0.39 is 13.3 Å². The zero-order valence-corrected chi connectivity index (χ0v) is 20.9. The molecule has 1 atom stereocenters. The van der Waals surface area contributed by atoms with Gasteiger partial charge in [-0.3, -0.25) is 9.36 Å². The Kier molecular flexibility index (Phi) is 6.49. The lowest BCUT2D eigenvalue weighted by Crippen LogP contribution is -2.33. The SMILES string of the molecule is COP(=O)(c1cc(C)cc(C)c1)c1c(C(=O)N(C)Cc2cnc[n+]([O-])c2)[nH]c2ccc(Cl)cc12. The molecule has 34 heavy (non-hydrogen) atoms. The second-order valence-electron chi connectivity index (χ2n) is 8.24. The first kappa shape index (κ1) is 24.0. The van der Waals surface area contributed by atoms with Gasteiger partial charge in [-0.15, -0.1) is 0 Å². The van der Waals surface area contributed by atoms with Gasteiger partial charge in [0.1, 0.15) is 18.1 Å². The van der Waals surface area contributed by atoms with Crippen LogP contribution in [0.15, 0.2) is 55.1 Å². The zero-order chi connectivity index (χ0) is 24.6. The van der Waals surface area contributed by atoms with E-state index in [1.165, 1.54) is 24.4 Å². The van der Waals surface area contributed by atoms with Gasteiger partial charge in [-0.1, -0.05) is 33.8 Å². The summed E-state index contributed by atoms with van der Waals surface area (Å²) < 4.78 is 20.8. The smallest absolute Gasteiger partial charge is 0.289 e. The molecule has 0 radical (unpaired) electrons. The average molecular weight is 499 g/mol. The Bertz CT molecular complexity index is 1430. The van der Waals surface area contributed by atoms with Crippen LogP contribution in [-0.4, -0.2) is 34.9 Å². The van der Waals surface area contributed by atoms with E-state index in [2.05, 4.69) is 9.97 Å². The number of fused-ring (bicyclic) bond motifs is 1. The number of hydrogen-bond acceptors (Lipinski definition) is 5. The standard InChI is InChI=1S/C24H24ClN4O4P/c1-15-7-16(2)9-19(8-15)34(32,33-4)23-20-10-18(25)5-6-21(20)27-22(23)24(30)28(3)12-17-11-26-14-29(31)13-17/h5-11,13-14,27H,12H2,1-4H3. The van der Waals surface area contributed by atoms with Gasteiger partial charge in [0.15, 0.2) is 0 Å². The van der Waals surface area contributed by atoms with Crippen LogP contribution in [0.4, 0.5) is 0 Å². The zero-order valence-electron chi connectivity index (χ0n) is 19.2. The molecule has 2 heterocycles. The second-order valence-corrected chi connectivity index (χ2v) is 11.1. The maximum absolute atomic E-state index is 14.5. The van der Waals surface area contributed by atoms with Crippen LogP contribution in [0.1, 0.15) is 27.2 Å². The summed E-state index contributed by atoms with van der Waals surface area (Å²) in [6.07, 6.45) is 3.99. The molecule has 4 aromatic rings. The van der Waals surface area contributed by atoms with Gasteiger partial charge in [-0.05, 0) is 44.2 Å². The number of H-pyrrole nitrogens is 1. The minimum Gasteiger partial charge on any atom is -0.711 e. The molecule has 1 amide bonds. The molecule has 0 saturated heterocycles. The fourth-order valence-corrected chi connectivity index (χ4v) is 6.62. The molecule has 0 bridgehead atoms. The molecule has 0 fully saturated rings. The quantitative estimate of drug-likeness (QED) is 0.248. The molecule has 0 spiro atoms. The summed E-state index contributed by atoms with van der Waals surface area (Å²) in [7, 11) is -0.726. The van der Waals surface area contributed by atoms with Crippen molar-refractivity contribution in [2.45, 2.75) is 20.4 Å². The maximum Gasteiger partial charge on any atom is 0.289 e. The first-order chi connectivity index (χ1) is 16.1. The number of aromatic nitrogens is 3. The van der Waals surface area contributed by atoms with Crippen LogP contribution >= 0.6 is 19.0 Å². The average Bonchev–Trinajstić information content (AvgIpc) is 3.16. The highest BCUT2D eigenvalue weighted by Crippen LogP contribution is 2.47. The van der Waals surface area contributed by atoms with Gasteiger partial charge in [-0.25, -0.2) is 4.73 Å². The molecule has 8 nitrogen and oxygen atoms in total. The molecule has 10 heteroatoms. The molecule has 176 valence electrons. The Hall–Kier alpha value is -3.19. The number of aromatic amines is 1. The van der Waals surface area contributed by atoms with Crippen LogP contribution in [-0.2, 0) is 15.6 Å². The fourth-order valence-electron chi connectivity index (χ4n) is 4.10. The third-order valence-electron chi connectivity index (χ3n) is 5.53. The number of amides is 1. The highest BCUT2D eigenvalue weighted by molar-refractivity contribution is 7.75. The van der Waals surface area contributed by atoms with E-state index >= 15 is 0 Å². The number of rotatable bonds is 6. The molecule has 0 aliphatic rings. The minimum absolute atomic E-state index is 0.130. The molecule has 4 rings (SSSR count). The van der Waals surface area contributed by atoms with E-state index in [9.17, 15) is 14.6 Å². The Morgan fingerprint density at radius 3 is 2.59 bits per heavy atom. The topological polar surface area (TPSA) is 102 Å². The number of nitrogens with zero attached hydrogens (tertiary/aromatic N) is 3. The Morgan fingerprint density at radius 1 is 1.24 bits per heavy atom. The van der Waals surface area contributed by atoms with Gasteiger partial charge in [0.25, 0.3) is 19.6 Å². The van der Waals surface area contributed by atoms with Gasteiger partial charge in [0.05, 0.1) is 17.4 Å². The van der Waals surface area contributed by atoms with Crippen LogP contribution in [0.5, 0.6) is 0 Å². The van der Waals surface area contributed by atoms with E-state index in [4.69, 9.17) is 16.1 Å². The lowest BCUT2D eigenvalue weighted by Gasteiger charge is -2.21. The number of nitrogens with one attached hydrogen (secondary N) is 1. The van der Waals surface area contributed by atoms with Crippen molar-refractivity contribution < 1.29 is 18.6 Å². The van der Waals surface area contributed by atoms with E-state index in [1.54, 1.807) is 37.4 Å². The van der Waals surface area contributed by atoms with Gasteiger partial charge in [0, 0.05) is 35.4 Å². The van der Waals surface area contributed by atoms with Crippen molar-refractivity contribution in [3.05, 3.63) is 87.7 Å². The Balaban J connectivity index is 1.89. The van der Waals surface area contributed by atoms with Crippen LogP contribution in [0.3, 0.4) is 0 Å². The molecule has 0 aliphatic carbocycles. The molecule has 2 aromatic heterocycles. The predicted molar refractivity (Wildman–Crippen MR) is 132 cm³/mol. The number of benzene rings is 2.